The quantitative estimate of drug-likeness (QED) is 0.796. The average Bonchev–Trinajstić information content (AvgIpc) is 2.67. The van der Waals surface area contributed by atoms with Crippen molar-refractivity contribution in [3.05, 3.63) is 23.7 Å². The molecule has 1 aromatic heterocycles. The van der Waals surface area contributed by atoms with E-state index in [-0.39, 0.29) is 5.76 Å². The van der Waals surface area contributed by atoms with Gasteiger partial charge in [-0.3, -0.25) is 4.79 Å². The minimum atomic E-state index is -1.12. The van der Waals surface area contributed by atoms with Crippen LogP contribution in [0.3, 0.4) is 0 Å². The normalized spacial score (nSPS) is 12.3. The maximum atomic E-state index is 10.7. The van der Waals surface area contributed by atoms with Crippen molar-refractivity contribution in [2.24, 2.45) is 0 Å². The molecule has 0 saturated heterocycles. The number of hydrogen-bond donors (Lipinski definition) is 2. The van der Waals surface area contributed by atoms with Gasteiger partial charge in [0, 0.05) is 0 Å². The van der Waals surface area contributed by atoms with Gasteiger partial charge in [-0.15, -0.1) is 11.8 Å². The number of aromatic carboxylic acids is 1. The molecule has 1 aromatic rings. The second-order valence-corrected chi connectivity index (χ2v) is 4.31. The van der Waals surface area contributed by atoms with Crippen LogP contribution in [0.25, 0.3) is 0 Å². The van der Waals surface area contributed by atoms with Gasteiger partial charge in [-0.25, -0.2) is 4.79 Å². The Balaban J connectivity index is 2.53. The predicted octanol–water partition coefficient (Wildman–Crippen LogP) is 2.07. The summed E-state index contributed by atoms with van der Waals surface area (Å²) in [6, 6.07) is 2.91. The van der Waals surface area contributed by atoms with Crippen LogP contribution in [0.15, 0.2) is 16.5 Å². The van der Waals surface area contributed by atoms with E-state index in [1.54, 1.807) is 13.0 Å². The highest BCUT2D eigenvalue weighted by molar-refractivity contribution is 7.99. The molecular formula is C10H12O5S. The summed E-state index contributed by atoms with van der Waals surface area (Å²) in [4.78, 5) is 21.2. The van der Waals surface area contributed by atoms with Crippen molar-refractivity contribution in [3.63, 3.8) is 0 Å². The van der Waals surface area contributed by atoms with E-state index in [4.69, 9.17) is 14.6 Å². The van der Waals surface area contributed by atoms with Gasteiger partial charge in [0.2, 0.25) is 5.76 Å². The van der Waals surface area contributed by atoms with Crippen molar-refractivity contribution >= 4 is 23.7 Å². The number of furan rings is 1. The summed E-state index contributed by atoms with van der Waals surface area (Å²) in [6.07, 6.45) is 0.520. The Morgan fingerprint density at radius 2 is 2.12 bits per heavy atom. The highest BCUT2D eigenvalue weighted by Gasteiger charge is 2.17. The van der Waals surface area contributed by atoms with Crippen LogP contribution < -0.4 is 0 Å². The third-order valence-corrected chi connectivity index (χ3v) is 3.33. The molecule has 1 atom stereocenters. The Morgan fingerprint density at radius 3 is 2.56 bits per heavy atom. The molecule has 0 amide bonds. The number of rotatable bonds is 6. The van der Waals surface area contributed by atoms with E-state index >= 15 is 0 Å². The Hall–Kier alpha value is -1.43. The van der Waals surface area contributed by atoms with Crippen LogP contribution in [-0.2, 0) is 10.5 Å². The van der Waals surface area contributed by atoms with Crippen LogP contribution in [0, 0.1) is 0 Å². The summed E-state index contributed by atoms with van der Waals surface area (Å²) in [6.45, 7) is 1.79. The monoisotopic (exact) mass is 244 g/mol. The lowest BCUT2D eigenvalue weighted by atomic mass is 10.3. The van der Waals surface area contributed by atoms with E-state index in [9.17, 15) is 9.59 Å². The Kier molecular flexibility index (Phi) is 4.42. The molecule has 0 aromatic carbocycles. The topological polar surface area (TPSA) is 87.7 Å². The zero-order chi connectivity index (χ0) is 12.1. The lowest BCUT2D eigenvalue weighted by Gasteiger charge is -2.07. The van der Waals surface area contributed by atoms with E-state index < -0.39 is 17.2 Å². The van der Waals surface area contributed by atoms with Crippen LogP contribution in [0.2, 0.25) is 0 Å². The van der Waals surface area contributed by atoms with E-state index in [0.717, 1.165) is 0 Å². The van der Waals surface area contributed by atoms with Gasteiger partial charge in [-0.1, -0.05) is 6.92 Å². The van der Waals surface area contributed by atoms with Gasteiger partial charge >= 0.3 is 11.9 Å². The number of hydrogen-bond acceptors (Lipinski definition) is 4. The zero-order valence-electron chi connectivity index (χ0n) is 8.67. The second-order valence-electron chi connectivity index (χ2n) is 3.12. The molecule has 0 bridgehead atoms. The SMILES string of the molecule is CCC(SCc1ccc(C(=O)O)o1)C(=O)O. The van der Waals surface area contributed by atoms with Gasteiger partial charge in [0.1, 0.15) is 11.0 Å². The molecule has 0 aliphatic rings. The summed E-state index contributed by atoms with van der Waals surface area (Å²) >= 11 is 1.22. The summed E-state index contributed by atoms with van der Waals surface area (Å²) in [5.41, 5.74) is 0. The molecule has 5 nitrogen and oxygen atoms in total. The third kappa shape index (κ3) is 3.30. The fourth-order valence-corrected chi connectivity index (χ4v) is 2.02. The third-order valence-electron chi connectivity index (χ3n) is 1.95. The number of thioether (sulfide) groups is 1. The lowest BCUT2D eigenvalue weighted by Crippen LogP contribution is -2.14. The molecule has 0 radical (unpaired) electrons. The van der Waals surface area contributed by atoms with Crippen LogP contribution in [0.5, 0.6) is 0 Å². The number of carboxylic acid groups (broad SMARTS) is 2. The first-order chi connectivity index (χ1) is 7.54. The summed E-state index contributed by atoms with van der Waals surface area (Å²) in [5, 5.41) is 16.9. The minimum absolute atomic E-state index is 0.126. The van der Waals surface area contributed by atoms with Crippen molar-refractivity contribution in [2.75, 3.05) is 0 Å². The molecule has 0 fully saturated rings. The fourth-order valence-electron chi connectivity index (χ4n) is 1.12. The molecule has 0 saturated carbocycles. The number of carbonyl (C=O) groups is 2. The maximum absolute atomic E-state index is 10.7. The number of carboxylic acids is 2. The highest BCUT2D eigenvalue weighted by Crippen LogP contribution is 2.21. The Morgan fingerprint density at radius 1 is 1.44 bits per heavy atom. The standard InChI is InChI=1S/C10H12O5S/c1-2-8(10(13)14)16-5-6-3-4-7(15-6)9(11)12/h3-4,8H,2,5H2,1H3,(H,11,12)(H,13,14). The fraction of sp³-hybridized carbons (Fsp3) is 0.400. The van der Waals surface area contributed by atoms with E-state index in [0.29, 0.717) is 17.9 Å². The average molecular weight is 244 g/mol. The van der Waals surface area contributed by atoms with Crippen LogP contribution >= 0.6 is 11.8 Å². The van der Waals surface area contributed by atoms with Gasteiger partial charge in [0.25, 0.3) is 0 Å². The summed E-state index contributed by atoms with van der Waals surface area (Å²) in [7, 11) is 0. The number of aliphatic carboxylic acids is 1. The van der Waals surface area contributed by atoms with Gasteiger partial charge < -0.3 is 14.6 Å². The molecule has 2 N–H and O–H groups in total. The highest BCUT2D eigenvalue weighted by atomic mass is 32.2. The second kappa shape index (κ2) is 5.60. The molecule has 0 aliphatic carbocycles. The van der Waals surface area contributed by atoms with Gasteiger partial charge in [0.15, 0.2) is 0 Å². The first-order valence-electron chi connectivity index (χ1n) is 4.71. The molecule has 88 valence electrons. The largest absolute Gasteiger partial charge is 0.480 e. The smallest absolute Gasteiger partial charge is 0.371 e. The Bertz CT molecular complexity index is 384. The van der Waals surface area contributed by atoms with Gasteiger partial charge in [0.05, 0.1) is 5.75 Å². The van der Waals surface area contributed by atoms with E-state index in [1.807, 2.05) is 0 Å². The maximum Gasteiger partial charge on any atom is 0.371 e. The van der Waals surface area contributed by atoms with E-state index in [1.165, 1.54) is 17.8 Å². The minimum Gasteiger partial charge on any atom is -0.480 e. The molecule has 1 rings (SSSR count). The molecule has 0 spiro atoms. The zero-order valence-corrected chi connectivity index (χ0v) is 9.49. The van der Waals surface area contributed by atoms with Crippen molar-refractivity contribution in [1.29, 1.82) is 0 Å². The first-order valence-corrected chi connectivity index (χ1v) is 5.76. The first kappa shape index (κ1) is 12.6. The molecule has 6 heteroatoms. The molecule has 0 aliphatic heterocycles. The van der Waals surface area contributed by atoms with E-state index in [2.05, 4.69) is 0 Å². The van der Waals surface area contributed by atoms with Crippen LogP contribution in [0.4, 0.5) is 0 Å². The van der Waals surface area contributed by atoms with Crippen molar-refractivity contribution < 1.29 is 24.2 Å². The predicted molar refractivity (Wildman–Crippen MR) is 58.7 cm³/mol. The van der Waals surface area contributed by atoms with Crippen molar-refractivity contribution in [2.45, 2.75) is 24.3 Å². The summed E-state index contributed by atoms with van der Waals surface area (Å²) in [5.74, 6) is -1.28. The van der Waals surface area contributed by atoms with Crippen LogP contribution in [-0.4, -0.2) is 27.4 Å². The Labute approximate surface area is 96.5 Å². The van der Waals surface area contributed by atoms with Gasteiger partial charge in [-0.2, -0.15) is 0 Å². The molecule has 1 unspecified atom stereocenters. The molecule has 1 heterocycles. The molecular weight excluding hydrogens is 232 g/mol. The lowest BCUT2D eigenvalue weighted by molar-refractivity contribution is -0.136. The van der Waals surface area contributed by atoms with Crippen molar-refractivity contribution in [3.8, 4) is 0 Å². The summed E-state index contributed by atoms with van der Waals surface area (Å²) < 4.78 is 5.01. The van der Waals surface area contributed by atoms with Crippen molar-refractivity contribution in [1.82, 2.24) is 0 Å². The molecule has 16 heavy (non-hydrogen) atoms. The van der Waals surface area contributed by atoms with Gasteiger partial charge in [-0.05, 0) is 18.6 Å². The van der Waals surface area contributed by atoms with Crippen LogP contribution in [0.1, 0.15) is 29.7 Å².